The zero-order valence-electron chi connectivity index (χ0n) is 11.9. The molecule has 1 N–H and O–H groups in total. The van der Waals surface area contributed by atoms with Crippen LogP contribution in [-0.4, -0.2) is 41.0 Å². The Balaban J connectivity index is 1.74. The number of piperazine rings is 1. The first-order valence-electron chi connectivity index (χ1n) is 7.65. The molecule has 1 aliphatic carbocycles. The SMILES string of the molecule is CCCc1cc(C2CC2)nc(CN2CCNCC2)n1. The maximum atomic E-state index is 4.80. The van der Waals surface area contributed by atoms with E-state index < -0.39 is 0 Å². The summed E-state index contributed by atoms with van der Waals surface area (Å²) in [5.74, 6) is 1.76. The average Bonchev–Trinajstić information content (AvgIpc) is 3.24. The third kappa shape index (κ3) is 3.51. The van der Waals surface area contributed by atoms with E-state index in [0.29, 0.717) is 0 Å². The smallest absolute Gasteiger partial charge is 0.142 e. The minimum atomic E-state index is 0.723. The Morgan fingerprint density at radius 3 is 2.74 bits per heavy atom. The summed E-state index contributed by atoms with van der Waals surface area (Å²) in [5, 5.41) is 3.39. The molecule has 4 heteroatoms. The van der Waals surface area contributed by atoms with Crippen LogP contribution in [0.4, 0.5) is 0 Å². The molecule has 0 amide bonds. The summed E-state index contributed by atoms with van der Waals surface area (Å²) in [4.78, 5) is 12.0. The van der Waals surface area contributed by atoms with Crippen molar-refractivity contribution in [3.63, 3.8) is 0 Å². The van der Waals surface area contributed by atoms with Crippen molar-refractivity contribution < 1.29 is 0 Å². The molecule has 0 unspecified atom stereocenters. The van der Waals surface area contributed by atoms with Crippen LogP contribution in [-0.2, 0) is 13.0 Å². The van der Waals surface area contributed by atoms with Gasteiger partial charge in [-0.3, -0.25) is 4.90 Å². The first-order chi connectivity index (χ1) is 9.35. The van der Waals surface area contributed by atoms with Crippen molar-refractivity contribution in [2.24, 2.45) is 0 Å². The number of nitrogens with one attached hydrogen (secondary N) is 1. The highest BCUT2D eigenvalue weighted by Gasteiger charge is 2.26. The monoisotopic (exact) mass is 260 g/mol. The van der Waals surface area contributed by atoms with Crippen molar-refractivity contribution in [2.45, 2.75) is 45.1 Å². The molecule has 0 bridgehead atoms. The number of nitrogens with zero attached hydrogens (tertiary/aromatic N) is 3. The Morgan fingerprint density at radius 2 is 2.05 bits per heavy atom. The van der Waals surface area contributed by atoms with Crippen LogP contribution in [0.5, 0.6) is 0 Å². The molecule has 2 aliphatic rings. The van der Waals surface area contributed by atoms with Gasteiger partial charge in [-0.1, -0.05) is 13.3 Å². The van der Waals surface area contributed by atoms with Gasteiger partial charge in [0, 0.05) is 43.5 Å². The highest BCUT2D eigenvalue weighted by Crippen LogP contribution is 2.39. The van der Waals surface area contributed by atoms with Gasteiger partial charge in [0.1, 0.15) is 5.82 Å². The standard InChI is InChI=1S/C15H24N4/c1-2-3-13-10-14(12-4-5-12)18-15(17-13)11-19-8-6-16-7-9-19/h10,12,16H,2-9,11H2,1H3. The Kier molecular flexibility index (Phi) is 4.09. The summed E-state index contributed by atoms with van der Waals surface area (Å²) in [6, 6.07) is 2.24. The van der Waals surface area contributed by atoms with Crippen LogP contribution in [0.3, 0.4) is 0 Å². The van der Waals surface area contributed by atoms with Crippen molar-refractivity contribution in [3.8, 4) is 0 Å². The molecular formula is C15H24N4. The van der Waals surface area contributed by atoms with Gasteiger partial charge in [0.05, 0.1) is 6.54 Å². The molecular weight excluding hydrogens is 236 g/mol. The molecule has 1 aromatic heterocycles. The minimum Gasteiger partial charge on any atom is -0.314 e. The molecule has 0 aromatic carbocycles. The largest absolute Gasteiger partial charge is 0.314 e. The molecule has 2 heterocycles. The lowest BCUT2D eigenvalue weighted by Gasteiger charge is -2.26. The summed E-state index contributed by atoms with van der Waals surface area (Å²) in [6.45, 7) is 7.53. The third-order valence-corrected chi connectivity index (χ3v) is 3.92. The Bertz CT molecular complexity index is 422. The maximum absolute atomic E-state index is 4.80. The fraction of sp³-hybridized carbons (Fsp3) is 0.733. The first kappa shape index (κ1) is 13.0. The van der Waals surface area contributed by atoms with Gasteiger partial charge in [0.15, 0.2) is 0 Å². The highest BCUT2D eigenvalue weighted by atomic mass is 15.2. The van der Waals surface area contributed by atoms with Crippen molar-refractivity contribution in [1.82, 2.24) is 20.2 Å². The predicted octanol–water partition coefficient (Wildman–Crippen LogP) is 1.71. The second-order valence-corrected chi connectivity index (χ2v) is 5.75. The summed E-state index contributed by atoms with van der Waals surface area (Å²) >= 11 is 0. The molecule has 2 fully saturated rings. The molecule has 0 atom stereocenters. The van der Waals surface area contributed by atoms with Crippen LogP contribution in [0.15, 0.2) is 6.07 Å². The Hall–Kier alpha value is -1.00. The predicted molar refractivity (Wildman–Crippen MR) is 76.1 cm³/mol. The second kappa shape index (κ2) is 5.97. The molecule has 1 aliphatic heterocycles. The van der Waals surface area contributed by atoms with Gasteiger partial charge in [-0.15, -0.1) is 0 Å². The third-order valence-electron chi connectivity index (χ3n) is 3.92. The van der Waals surface area contributed by atoms with Crippen molar-refractivity contribution in [2.75, 3.05) is 26.2 Å². The summed E-state index contributed by atoms with van der Waals surface area (Å²) in [7, 11) is 0. The van der Waals surface area contributed by atoms with E-state index in [4.69, 9.17) is 9.97 Å². The van der Waals surface area contributed by atoms with Crippen molar-refractivity contribution in [1.29, 1.82) is 0 Å². The van der Waals surface area contributed by atoms with E-state index in [1.165, 1.54) is 24.2 Å². The quantitative estimate of drug-likeness (QED) is 0.875. The molecule has 1 saturated heterocycles. The summed E-state index contributed by atoms with van der Waals surface area (Å²) < 4.78 is 0. The van der Waals surface area contributed by atoms with Gasteiger partial charge in [-0.25, -0.2) is 9.97 Å². The molecule has 1 saturated carbocycles. The molecule has 1 aromatic rings. The number of aromatic nitrogens is 2. The topological polar surface area (TPSA) is 41.1 Å². The van der Waals surface area contributed by atoms with Crippen LogP contribution in [0, 0.1) is 0 Å². The number of rotatable bonds is 5. The maximum Gasteiger partial charge on any atom is 0.142 e. The van der Waals surface area contributed by atoms with Gasteiger partial charge in [0.25, 0.3) is 0 Å². The molecule has 0 radical (unpaired) electrons. The molecule has 0 spiro atoms. The van der Waals surface area contributed by atoms with E-state index in [1.54, 1.807) is 0 Å². The van der Waals surface area contributed by atoms with Crippen LogP contribution < -0.4 is 5.32 Å². The van der Waals surface area contributed by atoms with Gasteiger partial charge in [-0.05, 0) is 25.3 Å². The highest BCUT2D eigenvalue weighted by molar-refractivity contribution is 5.19. The van der Waals surface area contributed by atoms with Gasteiger partial charge in [0.2, 0.25) is 0 Å². The first-order valence-corrected chi connectivity index (χ1v) is 7.65. The van der Waals surface area contributed by atoms with Gasteiger partial charge in [-0.2, -0.15) is 0 Å². The van der Waals surface area contributed by atoms with Crippen molar-refractivity contribution >= 4 is 0 Å². The van der Waals surface area contributed by atoms with E-state index in [-0.39, 0.29) is 0 Å². The lowest BCUT2D eigenvalue weighted by atomic mass is 10.2. The minimum absolute atomic E-state index is 0.723. The van der Waals surface area contributed by atoms with Gasteiger partial charge >= 0.3 is 0 Å². The van der Waals surface area contributed by atoms with Crippen molar-refractivity contribution in [3.05, 3.63) is 23.3 Å². The van der Waals surface area contributed by atoms with Crippen LogP contribution >= 0.6 is 0 Å². The molecule has 4 nitrogen and oxygen atoms in total. The van der Waals surface area contributed by atoms with E-state index in [2.05, 4.69) is 23.2 Å². The van der Waals surface area contributed by atoms with Crippen LogP contribution in [0.25, 0.3) is 0 Å². The van der Waals surface area contributed by atoms with Gasteiger partial charge < -0.3 is 5.32 Å². The molecule has 104 valence electrons. The fourth-order valence-electron chi connectivity index (χ4n) is 2.69. The number of hydrogen-bond donors (Lipinski definition) is 1. The average molecular weight is 260 g/mol. The molecule has 3 rings (SSSR count). The van der Waals surface area contributed by atoms with E-state index in [0.717, 1.165) is 57.3 Å². The normalized spacial score (nSPS) is 20.7. The fourth-order valence-corrected chi connectivity index (χ4v) is 2.69. The zero-order chi connectivity index (χ0) is 13.1. The van der Waals surface area contributed by atoms with E-state index in [1.807, 2.05) is 0 Å². The van der Waals surface area contributed by atoms with E-state index >= 15 is 0 Å². The number of hydrogen-bond acceptors (Lipinski definition) is 4. The molecule has 19 heavy (non-hydrogen) atoms. The second-order valence-electron chi connectivity index (χ2n) is 5.75. The van der Waals surface area contributed by atoms with Crippen LogP contribution in [0.2, 0.25) is 0 Å². The lowest BCUT2D eigenvalue weighted by Crippen LogP contribution is -2.43. The summed E-state index contributed by atoms with van der Waals surface area (Å²) in [6.07, 6.45) is 4.87. The Labute approximate surface area is 115 Å². The Morgan fingerprint density at radius 1 is 1.26 bits per heavy atom. The van der Waals surface area contributed by atoms with Crippen LogP contribution in [0.1, 0.15) is 49.3 Å². The zero-order valence-corrected chi connectivity index (χ0v) is 11.9. The van der Waals surface area contributed by atoms with E-state index in [9.17, 15) is 0 Å². The lowest BCUT2D eigenvalue weighted by molar-refractivity contribution is 0.227. The summed E-state index contributed by atoms with van der Waals surface area (Å²) in [5.41, 5.74) is 2.54. The number of aryl methyl sites for hydroxylation is 1.